The molecule has 0 radical (unpaired) electrons. The van der Waals surface area contributed by atoms with Gasteiger partial charge < -0.3 is 10.1 Å². The number of ether oxygens (including phenoxy) is 1. The Bertz CT molecular complexity index is 323. The Kier molecular flexibility index (Phi) is 7.51. The number of hydrogen-bond acceptors (Lipinski definition) is 2. The van der Waals surface area contributed by atoms with Gasteiger partial charge in [0.15, 0.2) is 0 Å². The molecule has 0 saturated heterocycles. The van der Waals surface area contributed by atoms with E-state index in [1.807, 2.05) is 13.0 Å². The van der Waals surface area contributed by atoms with Crippen LogP contribution in [0.4, 0.5) is 0 Å². The predicted octanol–water partition coefficient (Wildman–Crippen LogP) is 4.00. The van der Waals surface area contributed by atoms with Crippen molar-refractivity contribution in [1.29, 1.82) is 0 Å². The SMILES string of the molecule is CCOc1cccc(CNCCCCC(C)C)c1. The zero-order valence-corrected chi connectivity index (χ0v) is 12.0. The first-order valence-electron chi connectivity index (χ1n) is 7.14. The fraction of sp³-hybridized carbons (Fsp3) is 0.625. The molecule has 18 heavy (non-hydrogen) atoms. The summed E-state index contributed by atoms with van der Waals surface area (Å²) in [6.07, 6.45) is 3.93. The van der Waals surface area contributed by atoms with Crippen LogP contribution in [-0.4, -0.2) is 13.2 Å². The lowest BCUT2D eigenvalue weighted by Gasteiger charge is -2.08. The van der Waals surface area contributed by atoms with E-state index in [9.17, 15) is 0 Å². The first kappa shape index (κ1) is 15.0. The molecule has 0 unspecified atom stereocenters. The molecular weight excluding hydrogens is 222 g/mol. The minimum absolute atomic E-state index is 0.728. The van der Waals surface area contributed by atoms with E-state index in [-0.39, 0.29) is 0 Å². The first-order chi connectivity index (χ1) is 8.72. The summed E-state index contributed by atoms with van der Waals surface area (Å²) in [7, 11) is 0. The van der Waals surface area contributed by atoms with Crippen molar-refractivity contribution in [2.24, 2.45) is 5.92 Å². The predicted molar refractivity (Wildman–Crippen MR) is 78.0 cm³/mol. The maximum absolute atomic E-state index is 5.49. The van der Waals surface area contributed by atoms with E-state index in [1.54, 1.807) is 0 Å². The Hall–Kier alpha value is -1.02. The molecule has 0 spiro atoms. The van der Waals surface area contributed by atoms with Gasteiger partial charge in [0, 0.05) is 6.54 Å². The summed E-state index contributed by atoms with van der Waals surface area (Å²) in [5, 5.41) is 3.49. The average Bonchev–Trinajstić information content (AvgIpc) is 2.34. The summed E-state index contributed by atoms with van der Waals surface area (Å²) in [6.45, 7) is 9.35. The standard InChI is InChI=1S/C16H27NO/c1-4-18-16-10-7-9-15(12-16)13-17-11-6-5-8-14(2)3/h7,9-10,12,14,17H,4-6,8,11,13H2,1-3H3. The molecule has 102 valence electrons. The highest BCUT2D eigenvalue weighted by atomic mass is 16.5. The third kappa shape index (κ3) is 6.65. The fourth-order valence-electron chi connectivity index (χ4n) is 1.95. The lowest BCUT2D eigenvalue weighted by atomic mass is 10.1. The number of hydrogen-bond donors (Lipinski definition) is 1. The zero-order valence-electron chi connectivity index (χ0n) is 12.0. The van der Waals surface area contributed by atoms with E-state index < -0.39 is 0 Å². The Morgan fingerprint density at radius 1 is 1.22 bits per heavy atom. The Balaban J connectivity index is 2.16. The minimum Gasteiger partial charge on any atom is -0.494 e. The number of nitrogens with one attached hydrogen (secondary N) is 1. The van der Waals surface area contributed by atoms with Crippen LogP contribution in [-0.2, 0) is 6.54 Å². The van der Waals surface area contributed by atoms with Gasteiger partial charge in [-0.3, -0.25) is 0 Å². The van der Waals surface area contributed by atoms with Crippen molar-refractivity contribution >= 4 is 0 Å². The molecule has 1 rings (SSSR count). The third-order valence-electron chi connectivity index (χ3n) is 2.92. The van der Waals surface area contributed by atoms with Crippen molar-refractivity contribution in [1.82, 2.24) is 5.32 Å². The smallest absolute Gasteiger partial charge is 0.119 e. The highest BCUT2D eigenvalue weighted by Gasteiger charge is 1.97. The van der Waals surface area contributed by atoms with Crippen LogP contribution in [0.15, 0.2) is 24.3 Å². The van der Waals surface area contributed by atoms with E-state index in [4.69, 9.17) is 4.74 Å². The van der Waals surface area contributed by atoms with Crippen molar-refractivity contribution in [3.8, 4) is 5.75 Å². The summed E-state index contributed by atoms with van der Waals surface area (Å²) in [5.74, 6) is 1.80. The monoisotopic (exact) mass is 249 g/mol. The van der Waals surface area contributed by atoms with Crippen LogP contribution >= 0.6 is 0 Å². The molecule has 0 atom stereocenters. The molecule has 2 heteroatoms. The fourth-order valence-corrected chi connectivity index (χ4v) is 1.95. The molecule has 1 aromatic rings. The molecule has 0 fully saturated rings. The van der Waals surface area contributed by atoms with Crippen LogP contribution in [0.25, 0.3) is 0 Å². The molecule has 0 saturated carbocycles. The van der Waals surface area contributed by atoms with Crippen LogP contribution in [0, 0.1) is 5.92 Å². The Morgan fingerprint density at radius 2 is 2.06 bits per heavy atom. The normalized spacial score (nSPS) is 10.9. The maximum atomic E-state index is 5.49. The Morgan fingerprint density at radius 3 is 2.78 bits per heavy atom. The maximum Gasteiger partial charge on any atom is 0.119 e. The highest BCUT2D eigenvalue weighted by Crippen LogP contribution is 2.13. The van der Waals surface area contributed by atoms with Gasteiger partial charge in [0.25, 0.3) is 0 Å². The van der Waals surface area contributed by atoms with Crippen LogP contribution in [0.3, 0.4) is 0 Å². The largest absolute Gasteiger partial charge is 0.494 e. The van der Waals surface area contributed by atoms with E-state index >= 15 is 0 Å². The molecule has 0 aliphatic carbocycles. The van der Waals surface area contributed by atoms with Crippen molar-refractivity contribution in [2.75, 3.05) is 13.2 Å². The number of unbranched alkanes of at least 4 members (excludes halogenated alkanes) is 1. The van der Waals surface area contributed by atoms with Gasteiger partial charge in [0.2, 0.25) is 0 Å². The molecule has 0 heterocycles. The summed E-state index contributed by atoms with van der Waals surface area (Å²) in [6, 6.07) is 8.32. The first-order valence-corrected chi connectivity index (χ1v) is 7.14. The molecule has 1 N–H and O–H groups in total. The van der Waals surface area contributed by atoms with Crippen molar-refractivity contribution in [3.63, 3.8) is 0 Å². The molecule has 1 aromatic carbocycles. The Labute approximate surface area is 112 Å². The van der Waals surface area contributed by atoms with Gasteiger partial charge in [-0.15, -0.1) is 0 Å². The molecule has 0 aliphatic rings. The summed E-state index contributed by atoms with van der Waals surface area (Å²) < 4.78 is 5.49. The van der Waals surface area contributed by atoms with E-state index in [0.717, 1.165) is 31.4 Å². The highest BCUT2D eigenvalue weighted by molar-refractivity contribution is 5.28. The number of rotatable bonds is 9. The summed E-state index contributed by atoms with van der Waals surface area (Å²) >= 11 is 0. The lowest BCUT2D eigenvalue weighted by Crippen LogP contribution is -2.14. The van der Waals surface area contributed by atoms with Crippen molar-refractivity contribution in [2.45, 2.75) is 46.6 Å². The van der Waals surface area contributed by atoms with Crippen LogP contribution in [0.1, 0.15) is 45.6 Å². The average molecular weight is 249 g/mol. The topological polar surface area (TPSA) is 21.3 Å². The minimum atomic E-state index is 0.728. The van der Waals surface area contributed by atoms with Gasteiger partial charge in [0.1, 0.15) is 5.75 Å². The van der Waals surface area contributed by atoms with Crippen molar-refractivity contribution in [3.05, 3.63) is 29.8 Å². The van der Waals surface area contributed by atoms with Crippen molar-refractivity contribution < 1.29 is 4.74 Å². The molecule has 0 aromatic heterocycles. The van der Waals surface area contributed by atoms with Gasteiger partial charge in [0.05, 0.1) is 6.61 Å². The van der Waals surface area contributed by atoms with Gasteiger partial charge in [-0.1, -0.05) is 38.8 Å². The van der Waals surface area contributed by atoms with E-state index in [1.165, 1.54) is 24.8 Å². The lowest BCUT2D eigenvalue weighted by molar-refractivity contribution is 0.340. The van der Waals surface area contributed by atoms with Crippen LogP contribution in [0.2, 0.25) is 0 Å². The van der Waals surface area contributed by atoms with E-state index in [0.29, 0.717) is 0 Å². The molecule has 0 bridgehead atoms. The van der Waals surface area contributed by atoms with E-state index in [2.05, 4.69) is 37.4 Å². The van der Waals surface area contributed by atoms with Gasteiger partial charge in [-0.25, -0.2) is 0 Å². The quantitative estimate of drug-likeness (QED) is 0.668. The van der Waals surface area contributed by atoms with Crippen LogP contribution in [0.5, 0.6) is 5.75 Å². The van der Waals surface area contributed by atoms with Crippen LogP contribution < -0.4 is 10.1 Å². The molecular formula is C16H27NO. The van der Waals surface area contributed by atoms with Gasteiger partial charge in [-0.05, 0) is 43.5 Å². The van der Waals surface area contributed by atoms with Gasteiger partial charge >= 0.3 is 0 Å². The zero-order chi connectivity index (χ0) is 13.2. The van der Waals surface area contributed by atoms with Gasteiger partial charge in [-0.2, -0.15) is 0 Å². The third-order valence-corrected chi connectivity index (χ3v) is 2.92. The molecule has 0 amide bonds. The second-order valence-corrected chi connectivity index (χ2v) is 5.15. The summed E-state index contributed by atoms with van der Waals surface area (Å²) in [4.78, 5) is 0. The molecule has 2 nitrogen and oxygen atoms in total. The molecule has 0 aliphatic heterocycles. The summed E-state index contributed by atoms with van der Waals surface area (Å²) in [5.41, 5.74) is 1.30. The number of benzene rings is 1. The second-order valence-electron chi connectivity index (χ2n) is 5.15. The second kappa shape index (κ2) is 8.98.